The Morgan fingerprint density at radius 3 is 2.75 bits per heavy atom. The normalized spacial score (nSPS) is 18.3. The second-order valence-electron chi connectivity index (χ2n) is 6.23. The third-order valence-electron chi connectivity index (χ3n) is 4.26. The maximum absolute atomic E-state index is 5.21. The predicted octanol–water partition coefficient (Wildman–Crippen LogP) is 2.42. The van der Waals surface area contributed by atoms with Crippen molar-refractivity contribution in [1.82, 2.24) is 15.1 Å². The van der Waals surface area contributed by atoms with Gasteiger partial charge in [-0.05, 0) is 24.9 Å². The highest BCUT2D eigenvalue weighted by Gasteiger charge is 2.24. The lowest BCUT2D eigenvalue weighted by Gasteiger charge is -2.26. The van der Waals surface area contributed by atoms with E-state index < -0.39 is 0 Å². The van der Waals surface area contributed by atoms with Crippen molar-refractivity contribution >= 4 is 29.9 Å². The molecule has 1 saturated heterocycles. The Balaban J connectivity index is 0.00000288. The van der Waals surface area contributed by atoms with E-state index in [1.807, 2.05) is 20.2 Å². The summed E-state index contributed by atoms with van der Waals surface area (Å²) in [7, 11) is 5.84. The van der Waals surface area contributed by atoms with Gasteiger partial charge in [0.1, 0.15) is 0 Å². The first kappa shape index (κ1) is 21.2. The molecule has 0 saturated carbocycles. The Morgan fingerprint density at radius 2 is 2.08 bits per heavy atom. The minimum Gasteiger partial charge on any atom is -0.383 e. The van der Waals surface area contributed by atoms with Gasteiger partial charge in [0.2, 0.25) is 0 Å². The number of hydrogen-bond donors (Lipinski definition) is 1. The quantitative estimate of drug-likeness (QED) is 0.397. The molecule has 0 radical (unpaired) electrons. The summed E-state index contributed by atoms with van der Waals surface area (Å²) in [6.45, 7) is 4.64. The molecule has 0 spiro atoms. The first-order chi connectivity index (χ1) is 11.2. The monoisotopic (exact) mass is 446 g/mol. The molecule has 1 aliphatic heterocycles. The number of rotatable bonds is 7. The van der Waals surface area contributed by atoms with Gasteiger partial charge in [-0.15, -0.1) is 24.0 Å². The van der Waals surface area contributed by atoms with E-state index in [1.54, 1.807) is 7.11 Å². The molecule has 24 heavy (non-hydrogen) atoms. The van der Waals surface area contributed by atoms with E-state index >= 15 is 0 Å². The average molecular weight is 446 g/mol. The molecule has 0 amide bonds. The molecular formula is C18H31IN4O. The molecule has 1 unspecified atom stereocenters. The van der Waals surface area contributed by atoms with Crippen molar-refractivity contribution in [1.29, 1.82) is 0 Å². The van der Waals surface area contributed by atoms with Crippen LogP contribution in [0.2, 0.25) is 0 Å². The molecule has 1 aliphatic rings. The first-order valence-electron chi connectivity index (χ1n) is 8.43. The lowest BCUT2D eigenvalue weighted by Crippen LogP contribution is -2.45. The fourth-order valence-corrected chi connectivity index (χ4v) is 2.94. The van der Waals surface area contributed by atoms with Crippen LogP contribution in [0.1, 0.15) is 18.4 Å². The number of guanidine groups is 1. The van der Waals surface area contributed by atoms with Gasteiger partial charge in [0.05, 0.1) is 13.2 Å². The summed E-state index contributed by atoms with van der Waals surface area (Å²) in [5.74, 6) is 0.951. The van der Waals surface area contributed by atoms with Crippen molar-refractivity contribution < 1.29 is 4.74 Å². The van der Waals surface area contributed by atoms with Crippen LogP contribution in [0, 0.1) is 0 Å². The van der Waals surface area contributed by atoms with Crippen molar-refractivity contribution in [2.45, 2.75) is 25.4 Å². The fourth-order valence-electron chi connectivity index (χ4n) is 2.94. The highest BCUT2D eigenvalue weighted by molar-refractivity contribution is 14.0. The van der Waals surface area contributed by atoms with E-state index in [2.05, 4.69) is 39.4 Å². The van der Waals surface area contributed by atoms with Crippen LogP contribution >= 0.6 is 24.0 Å². The van der Waals surface area contributed by atoms with Gasteiger partial charge in [-0.2, -0.15) is 0 Å². The van der Waals surface area contributed by atoms with Gasteiger partial charge in [0.25, 0.3) is 0 Å². The fraction of sp³-hybridized carbons (Fsp3) is 0.611. The van der Waals surface area contributed by atoms with Crippen molar-refractivity contribution in [3.05, 3.63) is 35.9 Å². The number of nitrogens with zero attached hydrogens (tertiary/aromatic N) is 3. The molecule has 1 aromatic rings. The third kappa shape index (κ3) is 6.94. The van der Waals surface area contributed by atoms with Crippen LogP contribution in [0.4, 0.5) is 0 Å². The second kappa shape index (κ2) is 11.7. The van der Waals surface area contributed by atoms with Gasteiger partial charge in [-0.3, -0.25) is 4.90 Å². The Labute approximate surface area is 163 Å². The van der Waals surface area contributed by atoms with Gasteiger partial charge in [0, 0.05) is 40.3 Å². The molecule has 136 valence electrons. The molecule has 1 heterocycles. The van der Waals surface area contributed by atoms with Crippen LogP contribution in [0.15, 0.2) is 35.3 Å². The van der Waals surface area contributed by atoms with E-state index in [-0.39, 0.29) is 24.0 Å². The summed E-state index contributed by atoms with van der Waals surface area (Å²) in [6, 6.07) is 10.9. The summed E-state index contributed by atoms with van der Waals surface area (Å²) >= 11 is 0. The van der Waals surface area contributed by atoms with Crippen molar-refractivity contribution in [2.75, 3.05) is 47.4 Å². The summed E-state index contributed by atoms with van der Waals surface area (Å²) < 4.78 is 5.21. The van der Waals surface area contributed by atoms with E-state index in [4.69, 9.17) is 9.73 Å². The zero-order chi connectivity index (χ0) is 16.5. The van der Waals surface area contributed by atoms with Gasteiger partial charge >= 0.3 is 0 Å². The smallest absolute Gasteiger partial charge is 0.193 e. The zero-order valence-corrected chi connectivity index (χ0v) is 17.4. The molecule has 6 heteroatoms. The van der Waals surface area contributed by atoms with Crippen molar-refractivity contribution in [3.8, 4) is 0 Å². The highest BCUT2D eigenvalue weighted by atomic mass is 127. The van der Waals surface area contributed by atoms with E-state index in [1.165, 1.54) is 24.9 Å². The van der Waals surface area contributed by atoms with Gasteiger partial charge in [-0.1, -0.05) is 30.3 Å². The van der Waals surface area contributed by atoms with E-state index in [0.29, 0.717) is 12.6 Å². The minimum atomic E-state index is 0. The molecule has 0 aliphatic carbocycles. The molecule has 1 aromatic carbocycles. The SMILES string of the molecule is COCCN1CCCC1CNC(=NCc1ccccc1)N(C)C.I. The average Bonchev–Trinajstić information content (AvgIpc) is 3.01. The number of nitrogens with one attached hydrogen (secondary N) is 1. The first-order valence-corrected chi connectivity index (χ1v) is 8.43. The lowest BCUT2D eigenvalue weighted by atomic mass is 10.2. The van der Waals surface area contributed by atoms with Gasteiger partial charge in [0.15, 0.2) is 5.96 Å². The van der Waals surface area contributed by atoms with Crippen LogP contribution in [-0.4, -0.2) is 69.2 Å². The number of benzene rings is 1. The third-order valence-corrected chi connectivity index (χ3v) is 4.26. The summed E-state index contributed by atoms with van der Waals surface area (Å²) in [6.07, 6.45) is 2.52. The largest absolute Gasteiger partial charge is 0.383 e. The van der Waals surface area contributed by atoms with Gasteiger partial charge < -0.3 is 15.0 Å². The van der Waals surface area contributed by atoms with Crippen LogP contribution in [0.5, 0.6) is 0 Å². The minimum absolute atomic E-state index is 0. The van der Waals surface area contributed by atoms with Crippen LogP contribution in [-0.2, 0) is 11.3 Å². The van der Waals surface area contributed by atoms with Crippen molar-refractivity contribution in [2.24, 2.45) is 4.99 Å². The van der Waals surface area contributed by atoms with E-state index in [9.17, 15) is 0 Å². The van der Waals surface area contributed by atoms with Crippen LogP contribution in [0.3, 0.4) is 0 Å². The Kier molecular flexibility index (Phi) is 10.3. The zero-order valence-electron chi connectivity index (χ0n) is 15.1. The molecule has 2 rings (SSSR count). The number of aliphatic imine (C=N–C) groups is 1. The molecule has 0 aromatic heterocycles. The topological polar surface area (TPSA) is 40.1 Å². The number of ether oxygens (including phenoxy) is 1. The van der Waals surface area contributed by atoms with Crippen LogP contribution < -0.4 is 5.32 Å². The number of halogens is 1. The highest BCUT2D eigenvalue weighted by Crippen LogP contribution is 2.15. The molecular weight excluding hydrogens is 415 g/mol. The standard InChI is InChI=1S/C18H30N4O.HI/c1-21(2)18(19-14-16-8-5-4-6-9-16)20-15-17-10-7-11-22(17)12-13-23-3;/h4-6,8-9,17H,7,10-15H2,1-3H3,(H,19,20);1H. The number of likely N-dealkylation sites (tertiary alicyclic amines) is 1. The lowest BCUT2D eigenvalue weighted by molar-refractivity contribution is 0.141. The maximum Gasteiger partial charge on any atom is 0.193 e. The molecule has 5 nitrogen and oxygen atoms in total. The molecule has 0 bridgehead atoms. The summed E-state index contributed by atoms with van der Waals surface area (Å²) in [4.78, 5) is 9.30. The van der Waals surface area contributed by atoms with E-state index in [0.717, 1.165) is 25.7 Å². The van der Waals surface area contributed by atoms with Crippen molar-refractivity contribution in [3.63, 3.8) is 0 Å². The maximum atomic E-state index is 5.21. The van der Waals surface area contributed by atoms with Gasteiger partial charge in [-0.25, -0.2) is 4.99 Å². The Bertz CT molecular complexity index is 481. The second-order valence-corrected chi connectivity index (χ2v) is 6.23. The number of hydrogen-bond acceptors (Lipinski definition) is 3. The summed E-state index contributed by atoms with van der Waals surface area (Å²) in [5, 5.41) is 3.53. The molecule has 1 atom stereocenters. The Morgan fingerprint density at radius 1 is 1.33 bits per heavy atom. The molecule has 1 N–H and O–H groups in total. The Hall–Kier alpha value is -0.860. The van der Waals surface area contributed by atoms with Crippen LogP contribution in [0.25, 0.3) is 0 Å². The number of methoxy groups -OCH3 is 1. The summed E-state index contributed by atoms with van der Waals surface area (Å²) in [5.41, 5.74) is 1.23. The predicted molar refractivity (Wildman–Crippen MR) is 111 cm³/mol. The molecule has 1 fully saturated rings.